The third kappa shape index (κ3) is 6.15. The van der Waals surface area contributed by atoms with Crippen LogP contribution >= 0.6 is 0 Å². The summed E-state index contributed by atoms with van der Waals surface area (Å²) >= 11 is 0. The Labute approximate surface area is 136 Å². The summed E-state index contributed by atoms with van der Waals surface area (Å²) in [7, 11) is 0. The molecule has 1 aliphatic carbocycles. The maximum atomic E-state index is 12.0. The number of amides is 1. The average Bonchev–Trinajstić information content (AvgIpc) is 2.92. The Morgan fingerprint density at radius 1 is 1.14 bits per heavy atom. The van der Waals surface area contributed by atoms with Crippen LogP contribution in [0.25, 0.3) is 0 Å². The van der Waals surface area contributed by atoms with E-state index in [1.807, 2.05) is 25.7 Å². The SMILES string of the molecule is CC(C)(C)OC(=O)N1CCC(CCNCC2CCCCC2)C1. The van der Waals surface area contributed by atoms with Gasteiger partial charge in [0.15, 0.2) is 0 Å². The van der Waals surface area contributed by atoms with Crippen LogP contribution in [0.2, 0.25) is 0 Å². The normalized spacial score (nSPS) is 23.8. The van der Waals surface area contributed by atoms with E-state index >= 15 is 0 Å². The molecule has 4 nitrogen and oxygen atoms in total. The van der Waals surface area contributed by atoms with E-state index in [1.165, 1.54) is 45.1 Å². The number of hydrogen-bond acceptors (Lipinski definition) is 3. The molecule has 4 heteroatoms. The van der Waals surface area contributed by atoms with Crippen molar-refractivity contribution in [3.05, 3.63) is 0 Å². The highest BCUT2D eigenvalue weighted by molar-refractivity contribution is 5.68. The second kappa shape index (κ2) is 8.19. The second-order valence-electron chi connectivity index (χ2n) is 8.08. The zero-order valence-electron chi connectivity index (χ0n) is 14.7. The molecular formula is C18H34N2O2. The Balaban J connectivity index is 1.57. The summed E-state index contributed by atoms with van der Waals surface area (Å²) in [5.41, 5.74) is -0.392. The molecule has 1 amide bonds. The first-order valence-electron chi connectivity index (χ1n) is 9.13. The van der Waals surface area contributed by atoms with Gasteiger partial charge in [0.1, 0.15) is 5.60 Å². The third-order valence-corrected chi connectivity index (χ3v) is 4.82. The summed E-state index contributed by atoms with van der Waals surface area (Å²) in [6.45, 7) is 9.75. The summed E-state index contributed by atoms with van der Waals surface area (Å²) in [6, 6.07) is 0. The van der Waals surface area contributed by atoms with Crippen LogP contribution in [0.3, 0.4) is 0 Å². The lowest BCUT2D eigenvalue weighted by Crippen LogP contribution is -2.35. The molecule has 1 atom stereocenters. The Hall–Kier alpha value is -0.770. The van der Waals surface area contributed by atoms with Gasteiger partial charge in [-0.05, 0) is 71.4 Å². The first kappa shape index (κ1) is 17.6. The summed E-state index contributed by atoms with van der Waals surface area (Å²) < 4.78 is 5.45. The van der Waals surface area contributed by atoms with Gasteiger partial charge in [0, 0.05) is 13.1 Å². The van der Waals surface area contributed by atoms with Crippen LogP contribution in [-0.2, 0) is 4.74 Å². The first-order chi connectivity index (χ1) is 10.4. The van der Waals surface area contributed by atoms with Crippen LogP contribution in [0.5, 0.6) is 0 Å². The van der Waals surface area contributed by atoms with Crippen LogP contribution in [0.1, 0.15) is 65.7 Å². The van der Waals surface area contributed by atoms with Gasteiger partial charge in [-0.3, -0.25) is 0 Å². The molecule has 0 spiro atoms. The van der Waals surface area contributed by atoms with Crippen molar-refractivity contribution in [3.8, 4) is 0 Å². The Bertz CT molecular complexity index is 345. The number of rotatable bonds is 5. The largest absolute Gasteiger partial charge is 0.444 e. The fourth-order valence-corrected chi connectivity index (χ4v) is 3.56. The van der Waals surface area contributed by atoms with Crippen molar-refractivity contribution < 1.29 is 9.53 Å². The number of hydrogen-bond donors (Lipinski definition) is 1. The molecule has 2 fully saturated rings. The highest BCUT2D eigenvalue weighted by Gasteiger charge is 2.29. The van der Waals surface area contributed by atoms with Crippen molar-refractivity contribution >= 4 is 6.09 Å². The van der Waals surface area contributed by atoms with Crippen molar-refractivity contribution in [2.24, 2.45) is 11.8 Å². The number of carbonyl (C=O) groups is 1. The Morgan fingerprint density at radius 3 is 2.55 bits per heavy atom. The van der Waals surface area contributed by atoms with Crippen LogP contribution < -0.4 is 5.32 Å². The molecule has 1 unspecified atom stereocenters. The van der Waals surface area contributed by atoms with E-state index in [2.05, 4.69) is 5.32 Å². The Kier molecular flexibility index (Phi) is 6.54. The molecule has 22 heavy (non-hydrogen) atoms. The van der Waals surface area contributed by atoms with Gasteiger partial charge in [-0.1, -0.05) is 19.3 Å². The molecule has 2 rings (SSSR count). The van der Waals surface area contributed by atoms with E-state index in [1.54, 1.807) is 0 Å². The van der Waals surface area contributed by atoms with Gasteiger partial charge >= 0.3 is 6.09 Å². The number of ether oxygens (including phenoxy) is 1. The minimum Gasteiger partial charge on any atom is -0.444 e. The molecule has 0 radical (unpaired) electrons. The molecular weight excluding hydrogens is 276 g/mol. The second-order valence-corrected chi connectivity index (χ2v) is 8.08. The monoisotopic (exact) mass is 310 g/mol. The summed E-state index contributed by atoms with van der Waals surface area (Å²) in [5, 5.41) is 3.63. The Morgan fingerprint density at radius 2 is 1.86 bits per heavy atom. The van der Waals surface area contributed by atoms with Crippen LogP contribution in [0.15, 0.2) is 0 Å². The van der Waals surface area contributed by atoms with Gasteiger partial charge in [0.25, 0.3) is 0 Å². The molecule has 1 heterocycles. The highest BCUT2D eigenvalue weighted by Crippen LogP contribution is 2.23. The fraction of sp³-hybridized carbons (Fsp3) is 0.944. The quantitative estimate of drug-likeness (QED) is 0.785. The number of nitrogens with zero attached hydrogens (tertiary/aromatic N) is 1. The van der Waals surface area contributed by atoms with Gasteiger partial charge in [0.05, 0.1) is 0 Å². The van der Waals surface area contributed by atoms with Crippen molar-refractivity contribution in [3.63, 3.8) is 0 Å². The minimum absolute atomic E-state index is 0.148. The van der Waals surface area contributed by atoms with E-state index in [9.17, 15) is 4.79 Å². The van der Waals surface area contributed by atoms with Crippen LogP contribution in [0, 0.1) is 11.8 Å². The molecule has 1 saturated carbocycles. The smallest absolute Gasteiger partial charge is 0.410 e. The molecule has 128 valence electrons. The predicted octanol–water partition coefficient (Wildman–Crippen LogP) is 3.80. The first-order valence-corrected chi connectivity index (χ1v) is 9.13. The lowest BCUT2D eigenvalue weighted by molar-refractivity contribution is 0.0287. The zero-order valence-corrected chi connectivity index (χ0v) is 14.7. The van der Waals surface area contributed by atoms with Gasteiger partial charge in [-0.25, -0.2) is 4.79 Å². The molecule has 0 aromatic rings. The molecule has 0 aromatic carbocycles. The van der Waals surface area contributed by atoms with Gasteiger partial charge < -0.3 is 15.0 Å². The molecule has 0 bridgehead atoms. The number of likely N-dealkylation sites (tertiary alicyclic amines) is 1. The fourth-order valence-electron chi connectivity index (χ4n) is 3.56. The molecule has 1 N–H and O–H groups in total. The summed E-state index contributed by atoms with van der Waals surface area (Å²) in [5.74, 6) is 1.53. The van der Waals surface area contributed by atoms with Crippen LogP contribution in [-0.4, -0.2) is 42.8 Å². The lowest BCUT2D eigenvalue weighted by Gasteiger charge is -2.24. The van der Waals surface area contributed by atoms with Crippen molar-refractivity contribution in [1.29, 1.82) is 0 Å². The van der Waals surface area contributed by atoms with E-state index in [-0.39, 0.29) is 6.09 Å². The van der Waals surface area contributed by atoms with Gasteiger partial charge in [0.2, 0.25) is 0 Å². The molecule has 1 saturated heterocycles. The van der Waals surface area contributed by atoms with E-state index in [0.717, 1.165) is 32.0 Å². The van der Waals surface area contributed by atoms with Gasteiger partial charge in [-0.15, -0.1) is 0 Å². The third-order valence-electron chi connectivity index (χ3n) is 4.82. The summed E-state index contributed by atoms with van der Waals surface area (Å²) in [4.78, 5) is 13.9. The minimum atomic E-state index is -0.392. The topological polar surface area (TPSA) is 41.6 Å². The van der Waals surface area contributed by atoms with Gasteiger partial charge in [-0.2, -0.15) is 0 Å². The highest BCUT2D eigenvalue weighted by atomic mass is 16.6. The standard InChI is InChI=1S/C18H34N2O2/c1-18(2,3)22-17(21)20-12-10-16(14-20)9-11-19-13-15-7-5-4-6-8-15/h15-16,19H,4-14H2,1-3H3. The lowest BCUT2D eigenvalue weighted by atomic mass is 9.89. The van der Waals surface area contributed by atoms with E-state index < -0.39 is 5.60 Å². The molecule has 2 aliphatic rings. The van der Waals surface area contributed by atoms with Crippen molar-refractivity contribution in [2.75, 3.05) is 26.2 Å². The van der Waals surface area contributed by atoms with Crippen LogP contribution in [0.4, 0.5) is 4.79 Å². The molecule has 0 aromatic heterocycles. The van der Waals surface area contributed by atoms with E-state index in [0.29, 0.717) is 5.92 Å². The predicted molar refractivity (Wildman–Crippen MR) is 90.0 cm³/mol. The van der Waals surface area contributed by atoms with Crippen molar-refractivity contribution in [1.82, 2.24) is 10.2 Å². The zero-order chi connectivity index (χ0) is 16.0. The average molecular weight is 310 g/mol. The summed E-state index contributed by atoms with van der Waals surface area (Å²) in [6.07, 6.45) is 9.21. The van der Waals surface area contributed by atoms with Crippen molar-refractivity contribution in [2.45, 2.75) is 71.3 Å². The number of nitrogens with one attached hydrogen (secondary N) is 1. The maximum Gasteiger partial charge on any atom is 0.410 e. The molecule has 1 aliphatic heterocycles. The number of carbonyl (C=O) groups excluding carboxylic acids is 1. The maximum absolute atomic E-state index is 12.0. The van der Waals surface area contributed by atoms with E-state index in [4.69, 9.17) is 4.74 Å².